The number of nitrogens with zero attached hydrogens (tertiary/aromatic N) is 1. The molecule has 2 aromatic rings. The summed E-state index contributed by atoms with van der Waals surface area (Å²) in [6.45, 7) is 0. The molecule has 1 saturated heterocycles. The summed E-state index contributed by atoms with van der Waals surface area (Å²) in [6, 6.07) is 15.3. The van der Waals surface area contributed by atoms with Crippen molar-refractivity contribution in [2.45, 2.75) is 22.3 Å². The van der Waals surface area contributed by atoms with Gasteiger partial charge in [0.25, 0.3) is 5.76 Å². The number of rotatable bonds is 6. The van der Waals surface area contributed by atoms with Crippen LogP contribution < -0.4 is 10.6 Å². The first kappa shape index (κ1) is 19.4. The van der Waals surface area contributed by atoms with E-state index in [0.29, 0.717) is 33.2 Å². The Morgan fingerprint density at radius 2 is 1.89 bits per heavy atom. The van der Waals surface area contributed by atoms with E-state index < -0.39 is 11.0 Å². The minimum atomic E-state index is -2.49. The molecule has 1 aliphatic heterocycles. The van der Waals surface area contributed by atoms with Crippen LogP contribution in [0.4, 0.5) is 20.2 Å². The van der Waals surface area contributed by atoms with Gasteiger partial charge in [-0.15, -0.1) is 0 Å². The van der Waals surface area contributed by atoms with Gasteiger partial charge in [-0.2, -0.15) is 8.78 Å². The Hall–Kier alpha value is -2.39. The van der Waals surface area contributed by atoms with Gasteiger partial charge in [0.05, 0.1) is 5.69 Å². The molecule has 0 saturated carbocycles. The third-order valence-corrected chi connectivity index (χ3v) is 5.30. The maximum Gasteiger partial charge on any atom is 0.288 e. The second-order valence-electron chi connectivity index (χ2n) is 5.50. The first-order valence-electron chi connectivity index (χ1n) is 7.95. The van der Waals surface area contributed by atoms with Gasteiger partial charge in [-0.3, -0.25) is 9.59 Å². The number of hydrogen-bond donors (Lipinski definition) is 2. The van der Waals surface area contributed by atoms with Crippen molar-refractivity contribution in [1.82, 2.24) is 5.32 Å². The number of alkyl halides is 2. The number of anilines is 1. The number of thioether (sulfide) groups is 2. The number of carbonyl (C=O) groups excluding carboxylic acids is 2. The van der Waals surface area contributed by atoms with Crippen molar-refractivity contribution < 1.29 is 18.4 Å². The third kappa shape index (κ3) is 5.80. The zero-order valence-electron chi connectivity index (χ0n) is 13.9. The van der Waals surface area contributed by atoms with Gasteiger partial charge in [-0.25, -0.2) is 4.99 Å². The number of amides is 2. The van der Waals surface area contributed by atoms with Crippen LogP contribution in [-0.2, 0) is 9.59 Å². The van der Waals surface area contributed by atoms with E-state index in [0.717, 1.165) is 0 Å². The summed E-state index contributed by atoms with van der Waals surface area (Å²) in [5.74, 6) is -3.10. The van der Waals surface area contributed by atoms with Gasteiger partial charge in [0.15, 0.2) is 5.17 Å². The molecule has 1 fully saturated rings. The summed E-state index contributed by atoms with van der Waals surface area (Å²) in [5, 5.41) is 5.22. The predicted octanol–water partition coefficient (Wildman–Crippen LogP) is 4.25. The zero-order chi connectivity index (χ0) is 19.2. The standard InChI is InChI=1S/C18H15F2N3O2S2/c19-17(20)26-13-8-6-12(7-9-13)21-15(24)10-14-16(25)23-18(27-14)22-11-4-2-1-3-5-11/h1-9,14,17H,10H2,(H,21,24)(H,22,23,25)/t14-/m0/s1. The fraction of sp³-hybridized carbons (Fsp3) is 0.167. The van der Waals surface area contributed by atoms with Crippen LogP contribution in [0.5, 0.6) is 0 Å². The average molecular weight is 407 g/mol. The maximum atomic E-state index is 12.3. The molecule has 0 aliphatic carbocycles. The Kier molecular flexibility index (Phi) is 6.46. The van der Waals surface area contributed by atoms with Crippen LogP contribution in [-0.4, -0.2) is 28.0 Å². The molecule has 2 N–H and O–H groups in total. The van der Waals surface area contributed by atoms with E-state index in [1.807, 2.05) is 30.3 Å². The van der Waals surface area contributed by atoms with Crippen molar-refractivity contribution in [3.63, 3.8) is 0 Å². The van der Waals surface area contributed by atoms with Gasteiger partial charge < -0.3 is 10.6 Å². The smallest absolute Gasteiger partial charge is 0.288 e. The van der Waals surface area contributed by atoms with Crippen LogP contribution in [0, 0.1) is 0 Å². The molecule has 9 heteroatoms. The van der Waals surface area contributed by atoms with E-state index in [1.165, 1.54) is 23.9 Å². The van der Waals surface area contributed by atoms with Gasteiger partial charge in [0.2, 0.25) is 11.8 Å². The van der Waals surface area contributed by atoms with Crippen molar-refractivity contribution >= 4 is 51.9 Å². The molecule has 5 nitrogen and oxygen atoms in total. The second kappa shape index (κ2) is 9.01. The monoisotopic (exact) mass is 407 g/mol. The molecular formula is C18H15F2N3O2S2. The Balaban J connectivity index is 1.55. The van der Waals surface area contributed by atoms with Crippen molar-refractivity contribution in [2.24, 2.45) is 4.99 Å². The molecule has 0 aromatic heterocycles. The minimum absolute atomic E-state index is 0.0160. The second-order valence-corrected chi connectivity index (χ2v) is 7.76. The first-order chi connectivity index (χ1) is 13.0. The summed E-state index contributed by atoms with van der Waals surface area (Å²) < 4.78 is 24.6. The highest BCUT2D eigenvalue weighted by Crippen LogP contribution is 2.27. The van der Waals surface area contributed by atoms with Gasteiger partial charge in [0.1, 0.15) is 5.25 Å². The quantitative estimate of drug-likeness (QED) is 0.703. The van der Waals surface area contributed by atoms with Gasteiger partial charge in [0, 0.05) is 17.0 Å². The lowest BCUT2D eigenvalue weighted by atomic mass is 10.2. The molecule has 2 amide bonds. The number of amidine groups is 1. The first-order valence-corrected chi connectivity index (χ1v) is 9.71. The number of carbonyl (C=O) groups is 2. The summed E-state index contributed by atoms with van der Waals surface area (Å²) in [6.07, 6.45) is -0.0160. The number of nitrogens with one attached hydrogen (secondary N) is 2. The van der Waals surface area contributed by atoms with E-state index >= 15 is 0 Å². The predicted molar refractivity (Wildman–Crippen MR) is 105 cm³/mol. The third-order valence-electron chi connectivity index (χ3n) is 3.50. The Labute approximate surface area is 163 Å². The van der Waals surface area contributed by atoms with Gasteiger partial charge in [-0.05, 0) is 36.4 Å². The molecule has 0 radical (unpaired) electrons. The zero-order valence-corrected chi connectivity index (χ0v) is 15.5. The highest BCUT2D eigenvalue weighted by atomic mass is 32.2. The largest absolute Gasteiger partial charge is 0.326 e. The highest BCUT2D eigenvalue weighted by molar-refractivity contribution is 8.15. The normalized spacial score (nSPS) is 18.0. The highest BCUT2D eigenvalue weighted by Gasteiger charge is 2.32. The van der Waals surface area contributed by atoms with E-state index in [1.54, 1.807) is 12.1 Å². The van der Waals surface area contributed by atoms with Crippen molar-refractivity contribution in [3.05, 3.63) is 54.6 Å². The topological polar surface area (TPSA) is 70.6 Å². The molecule has 0 bridgehead atoms. The maximum absolute atomic E-state index is 12.3. The Morgan fingerprint density at radius 3 is 2.56 bits per heavy atom. The number of para-hydroxylation sites is 1. The lowest BCUT2D eigenvalue weighted by Gasteiger charge is -2.08. The summed E-state index contributed by atoms with van der Waals surface area (Å²) in [5.41, 5.74) is 1.20. The van der Waals surface area contributed by atoms with Crippen molar-refractivity contribution in [2.75, 3.05) is 5.32 Å². The molecule has 1 heterocycles. The molecule has 140 valence electrons. The van der Waals surface area contributed by atoms with Crippen LogP contribution in [0.3, 0.4) is 0 Å². The SMILES string of the molecule is O=C(C[C@@H]1SC(=Nc2ccccc2)NC1=O)Nc1ccc(SC(F)F)cc1. The minimum Gasteiger partial charge on any atom is -0.326 e. The van der Waals surface area contributed by atoms with Crippen LogP contribution in [0.2, 0.25) is 0 Å². The van der Waals surface area contributed by atoms with Crippen LogP contribution in [0.25, 0.3) is 0 Å². The summed E-state index contributed by atoms with van der Waals surface area (Å²) >= 11 is 1.64. The van der Waals surface area contributed by atoms with Gasteiger partial charge in [-0.1, -0.05) is 41.7 Å². The summed E-state index contributed by atoms with van der Waals surface area (Å²) in [7, 11) is 0. The van der Waals surface area contributed by atoms with Crippen molar-refractivity contribution in [3.8, 4) is 0 Å². The molecule has 1 aliphatic rings. The lowest BCUT2D eigenvalue weighted by Crippen LogP contribution is -2.28. The summed E-state index contributed by atoms with van der Waals surface area (Å²) in [4.78, 5) is 29.0. The van der Waals surface area contributed by atoms with E-state index in [9.17, 15) is 18.4 Å². The number of hydrogen-bond acceptors (Lipinski definition) is 5. The number of halogens is 2. The van der Waals surface area contributed by atoms with Crippen LogP contribution >= 0.6 is 23.5 Å². The molecule has 3 rings (SSSR count). The average Bonchev–Trinajstić information content (AvgIpc) is 2.96. The molecule has 27 heavy (non-hydrogen) atoms. The molecule has 2 aromatic carbocycles. The van der Waals surface area contributed by atoms with E-state index in [4.69, 9.17) is 0 Å². The van der Waals surface area contributed by atoms with Crippen molar-refractivity contribution in [1.29, 1.82) is 0 Å². The lowest BCUT2D eigenvalue weighted by molar-refractivity contribution is -0.122. The Bertz CT molecular complexity index is 845. The van der Waals surface area contributed by atoms with E-state index in [-0.39, 0.29) is 18.2 Å². The van der Waals surface area contributed by atoms with E-state index in [2.05, 4.69) is 15.6 Å². The number of benzene rings is 2. The molecular weight excluding hydrogens is 392 g/mol. The fourth-order valence-electron chi connectivity index (χ4n) is 2.31. The van der Waals surface area contributed by atoms with Crippen LogP contribution in [0.15, 0.2) is 64.5 Å². The molecule has 0 unspecified atom stereocenters. The van der Waals surface area contributed by atoms with Crippen LogP contribution in [0.1, 0.15) is 6.42 Å². The van der Waals surface area contributed by atoms with Gasteiger partial charge >= 0.3 is 0 Å². The fourth-order valence-corrected chi connectivity index (χ4v) is 3.80. The Morgan fingerprint density at radius 1 is 1.19 bits per heavy atom. The molecule has 1 atom stereocenters. The molecule has 0 spiro atoms. The number of aliphatic imine (C=N–C) groups is 1.